The van der Waals surface area contributed by atoms with Gasteiger partial charge in [-0.1, -0.05) is 0 Å². The van der Waals surface area contributed by atoms with Gasteiger partial charge in [-0.05, 0) is 25.5 Å². The molecule has 1 aromatic carbocycles. The molecule has 20 heavy (non-hydrogen) atoms. The summed E-state index contributed by atoms with van der Waals surface area (Å²) < 4.78 is 24.3. The molecule has 1 N–H and O–H groups in total. The standard InChI is InChI=1S/C12H15FN2O4S/c1-8(5-6-20(2)19)14-12(16)9-3-4-11(15(17)18)10(13)7-9/h3-4,7-8H,5-6H2,1-2H3,(H,14,16). The van der Waals surface area contributed by atoms with Gasteiger partial charge in [-0.3, -0.25) is 19.1 Å². The SMILES string of the molecule is CC(CCS(C)=O)NC(=O)c1ccc([N+](=O)[O-])c(F)c1. The maximum Gasteiger partial charge on any atom is 0.304 e. The third-order valence-corrected chi connectivity index (χ3v) is 3.43. The topological polar surface area (TPSA) is 89.3 Å². The summed E-state index contributed by atoms with van der Waals surface area (Å²) in [6.07, 6.45) is 2.10. The predicted molar refractivity (Wildman–Crippen MR) is 73.5 cm³/mol. The minimum Gasteiger partial charge on any atom is -0.350 e. The van der Waals surface area contributed by atoms with Crippen molar-refractivity contribution < 1.29 is 18.3 Å². The molecule has 0 spiro atoms. The Morgan fingerprint density at radius 2 is 2.20 bits per heavy atom. The Morgan fingerprint density at radius 3 is 2.70 bits per heavy atom. The zero-order valence-corrected chi connectivity index (χ0v) is 11.9. The summed E-state index contributed by atoms with van der Waals surface area (Å²) in [6, 6.07) is 2.76. The van der Waals surface area contributed by atoms with Gasteiger partial charge in [-0.15, -0.1) is 0 Å². The number of halogens is 1. The first-order chi connectivity index (χ1) is 9.31. The van der Waals surface area contributed by atoms with Crippen molar-refractivity contribution in [3.8, 4) is 0 Å². The number of hydrogen-bond donors (Lipinski definition) is 1. The molecule has 0 aliphatic heterocycles. The first-order valence-corrected chi connectivity index (χ1v) is 7.58. The second kappa shape index (κ2) is 7.09. The van der Waals surface area contributed by atoms with Gasteiger partial charge in [0.25, 0.3) is 5.91 Å². The summed E-state index contributed by atoms with van der Waals surface area (Å²) in [4.78, 5) is 21.4. The first kappa shape index (κ1) is 16.2. The molecule has 0 bridgehead atoms. The molecular weight excluding hydrogens is 287 g/mol. The van der Waals surface area contributed by atoms with E-state index in [0.717, 1.165) is 12.1 Å². The Hall–Kier alpha value is -1.83. The van der Waals surface area contributed by atoms with Crippen LogP contribution in [0.1, 0.15) is 23.7 Å². The van der Waals surface area contributed by atoms with Crippen molar-refractivity contribution >= 4 is 22.4 Å². The third kappa shape index (κ3) is 4.69. The highest BCUT2D eigenvalue weighted by atomic mass is 32.2. The normalized spacial score (nSPS) is 13.6. The van der Waals surface area contributed by atoms with Crippen LogP contribution in [0.5, 0.6) is 0 Å². The van der Waals surface area contributed by atoms with Crippen molar-refractivity contribution in [3.63, 3.8) is 0 Å². The van der Waals surface area contributed by atoms with E-state index in [1.54, 1.807) is 13.2 Å². The number of carbonyl (C=O) groups is 1. The van der Waals surface area contributed by atoms with Gasteiger partial charge in [0.15, 0.2) is 0 Å². The van der Waals surface area contributed by atoms with E-state index >= 15 is 0 Å². The van der Waals surface area contributed by atoms with Gasteiger partial charge < -0.3 is 5.32 Å². The monoisotopic (exact) mass is 302 g/mol. The van der Waals surface area contributed by atoms with Crippen LogP contribution in [-0.2, 0) is 10.8 Å². The molecule has 0 aliphatic rings. The fourth-order valence-corrected chi connectivity index (χ4v) is 2.20. The Kier molecular flexibility index (Phi) is 5.75. The van der Waals surface area contributed by atoms with Crippen molar-refractivity contribution in [1.82, 2.24) is 5.32 Å². The van der Waals surface area contributed by atoms with Gasteiger partial charge in [0.1, 0.15) is 0 Å². The van der Waals surface area contributed by atoms with E-state index in [9.17, 15) is 23.5 Å². The number of carbonyl (C=O) groups excluding carboxylic acids is 1. The molecule has 0 fully saturated rings. The molecule has 1 amide bonds. The number of amides is 1. The van der Waals surface area contributed by atoms with Crippen LogP contribution < -0.4 is 5.32 Å². The van der Waals surface area contributed by atoms with Gasteiger partial charge in [0.2, 0.25) is 5.82 Å². The minimum absolute atomic E-state index is 0.0116. The van der Waals surface area contributed by atoms with Crippen molar-refractivity contribution in [2.75, 3.05) is 12.0 Å². The molecule has 0 saturated carbocycles. The Morgan fingerprint density at radius 1 is 1.55 bits per heavy atom. The zero-order valence-electron chi connectivity index (χ0n) is 11.1. The lowest BCUT2D eigenvalue weighted by Crippen LogP contribution is -2.33. The fourth-order valence-electron chi connectivity index (χ4n) is 1.52. The molecule has 110 valence electrons. The summed E-state index contributed by atoms with van der Waals surface area (Å²) >= 11 is 0. The van der Waals surface area contributed by atoms with Crippen LogP contribution in [0.25, 0.3) is 0 Å². The molecule has 0 saturated heterocycles. The van der Waals surface area contributed by atoms with Gasteiger partial charge in [0, 0.05) is 40.5 Å². The molecule has 8 heteroatoms. The van der Waals surface area contributed by atoms with E-state index in [0.29, 0.717) is 12.2 Å². The van der Waals surface area contributed by atoms with E-state index in [1.165, 1.54) is 6.07 Å². The maximum atomic E-state index is 13.4. The molecule has 0 aromatic heterocycles. The van der Waals surface area contributed by atoms with Crippen LogP contribution in [0.3, 0.4) is 0 Å². The summed E-state index contributed by atoms with van der Waals surface area (Å²) in [5.74, 6) is -1.12. The van der Waals surface area contributed by atoms with E-state index in [1.807, 2.05) is 0 Å². The number of nitrogens with one attached hydrogen (secondary N) is 1. The number of nitro benzene ring substituents is 1. The smallest absolute Gasteiger partial charge is 0.304 e. The molecule has 2 unspecified atom stereocenters. The number of nitro groups is 1. The van der Waals surface area contributed by atoms with Gasteiger partial charge >= 0.3 is 5.69 Å². The van der Waals surface area contributed by atoms with Crippen LogP contribution >= 0.6 is 0 Å². The lowest BCUT2D eigenvalue weighted by Gasteiger charge is -2.13. The van der Waals surface area contributed by atoms with Crippen molar-refractivity contribution in [2.45, 2.75) is 19.4 Å². The zero-order chi connectivity index (χ0) is 15.3. The quantitative estimate of drug-likeness (QED) is 0.638. The van der Waals surface area contributed by atoms with Crippen molar-refractivity contribution in [3.05, 3.63) is 39.7 Å². The highest BCUT2D eigenvalue weighted by molar-refractivity contribution is 7.84. The van der Waals surface area contributed by atoms with Crippen LogP contribution in [-0.4, -0.2) is 33.1 Å². The Bertz CT molecular complexity index is 550. The third-order valence-electron chi connectivity index (χ3n) is 2.62. The fraction of sp³-hybridized carbons (Fsp3) is 0.417. The summed E-state index contributed by atoms with van der Waals surface area (Å²) in [7, 11) is -0.944. The average Bonchev–Trinajstić information content (AvgIpc) is 2.35. The van der Waals surface area contributed by atoms with Crippen molar-refractivity contribution in [1.29, 1.82) is 0 Å². The number of nitrogens with zero attached hydrogens (tertiary/aromatic N) is 1. The van der Waals surface area contributed by atoms with E-state index < -0.39 is 33.1 Å². The molecule has 1 aromatic rings. The summed E-state index contributed by atoms with van der Waals surface area (Å²) in [6.45, 7) is 1.74. The molecule has 6 nitrogen and oxygen atoms in total. The summed E-state index contributed by atoms with van der Waals surface area (Å²) in [5, 5.41) is 13.1. The molecule has 0 radical (unpaired) electrons. The van der Waals surface area contributed by atoms with Gasteiger partial charge in [-0.25, -0.2) is 0 Å². The highest BCUT2D eigenvalue weighted by Gasteiger charge is 2.17. The average molecular weight is 302 g/mol. The Labute approximate surface area is 118 Å². The molecule has 0 aliphatic carbocycles. The number of rotatable bonds is 6. The number of benzene rings is 1. The van der Waals surface area contributed by atoms with Crippen LogP contribution in [0.4, 0.5) is 10.1 Å². The largest absolute Gasteiger partial charge is 0.350 e. The molecule has 2 atom stereocenters. The lowest BCUT2D eigenvalue weighted by molar-refractivity contribution is -0.387. The number of hydrogen-bond acceptors (Lipinski definition) is 4. The first-order valence-electron chi connectivity index (χ1n) is 5.86. The predicted octanol–water partition coefficient (Wildman–Crippen LogP) is 1.62. The lowest BCUT2D eigenvalue weighted by atomic mass is 10.1. The van der Waals surface area contributed by atoms with Crippen LogP contribution in [0, 0.1) is 15.9 Å². The van der Waals surface area contributed by atoms with E-state index in [4.69, 9.17) is 0 Å². The minimum atomic E-state index is -1.05. The van der Waals surface area contributed by atoms with Gasteiger partial charge in [-0.2, -0.15) is 4.39 Å². The molecule has 1 rings (SSSR count). The van der Waals surface area contributed by atoms with Gasteiger partial charge in [0.05, 0.1) is 4.92 Å². The van der Waals surface area contributed by atoms with E-state index in [-0.39, 0.29) is 11.6 Å². The second-order valence-electron chi connectivity index (χ2n) is 4.36. The van der Waals surface area contributed by atoms with Crippen LogP contribution in [0.2, 0.25) is 0 Å². The van der Waals surface area contributed by atoms with Crippen LogP contribution in [0.15, 0.2) is 18.2 Å². The highest BCUT2D eigenvalue weighted by Crippen LogP contribution is 2.18. The van der Waals surface area contributed by atoms with E-state index in [2.05, 4.69) is 5.32 Å². The molecular formula is C12H15FN2O4S. The maximum absolute atomic E-state index is 13.4. The second-order valence-corrected chi connectivity index (χ2v) is 5.92. The Balaban J connectivity index is 2.71. The molecule has 0 heterocycles. The summed E-state index contributed by atoms with van der Waals surface area (Å²) in [5.41, 5.74) is -0.659. The van der Waals surface area contributed by atoms with Crippen molar-refractivity contribution in [2.24, 2.45) is 0 Å².